The van der Waals surface area contributed by atoms with Crippen LogP contribution < -0.4 is 17.0 Å². The number of carbonyl (C=O) groups is 1. The number of aliphatic hydroxyl groups excluding tert-OH is 2. The molecule has 0 spiro atoms. The van der Waals surface area contributed by atoms with Crippen LogP contribution in [0.3, 0.4) is 0 Å². The fourth-order valence-electron chi connectivity index (χ4n) is 3.76. The van der Waals surface area contributed by atoms with Crippen LogP contribution in [0.15, 0.2) is 75.7 Å². The number of aromatic hydroxyl groups is 1. The van der Waals surface area contributed by atoms with Gasteiger partial charge in [-0.25, -0.2) is 9.48 Å². The summed E-state index contributed by atoms with van der Waals surface area (Å²) >= 11 is 0. The molecule has 1 heterocycles. The Balaban J connectivity index is 0.000000653. The van der Waals surface area contributed by atoms with Crippen molar-refractivity contribution in [3.8, 4) is 11.4 Å². The number of hydrogen-bond acceptors (Lipinski definition) is 9. The summed E-state index contributed by atoms with van der Waals surface area (Å²) in [5.41, 5.74) is 11.9. The summed E-state index contributed by atoms with van der Waals surface area (Å²) < 4.78 is 1.37. The van der Waals surface area contributed by atoms with Gasteiger partial charge in [0.25, 0.3) is 5.56 Å². The molecule has 0 saturated carbocycles. The Kier molecular flexibility index (Phi) is 12.4. The van der Waals surface area contributed by atoms with E-state index in [9.17, 15) is 19.8 Å². The van der Waals surface area contributed by atoms with Crippen molar-refractivity contribution in [1.82, 2.24) is 9.78 Å². The average molecular weight is 567 g/mol. The quantitative estimate of drug-likeness (QED) is 0.211. The van der Waals surface area contributed by atoms with Crippen molar-refractivity contribution in [2.45, 2.75) is 32.7 Å². The largest absolute Gasteiger partial charge is 0.507 e. The number of para-hydroxylation sites is 1. The molecule has 1 unspecified atom stereocenters. The number of aryl methyl sites for hydroxylation is 3. The van der Waals surface area contributed by atoms with Crippen LogP contribution in [0, 0.1) is 20.8 Å². The summed E-state index contributed by atoms with van der Waals surface area (Å²) in [5, 5.41) is 46.9. The van der Waals surface area contributed by atoms with Crippen LogP contribution in [0.2, 0.25) is 0 Å². The van der Waals surface area contributed by atoms with E-state index in [0.717, 1.165) is 11.1 Å². The fourth-order valence-corrected chi connectivity index (χ4v) is 3.76. The Morgan fingerprint density at radius 1 is 1.05 bits per heavy atom. The zero-order valence-electron chi connectivity index (χ0n) is 23.4. The second kappa shape index (κ2) is 15.4. The van der Waals surface area contributed by atoms with Crippen molar-refractivity contribution in [3.05, 3.63) is 93.4 Å². The molecule has 2 aromatic carbocycles. The summed E-state index contributed by atoms with van der Waals surface area (Å²) in [7, 11) is 0. The fraction of sp³-hybridized carbons (Fsp3) is 0.310. The smallest absolute Gasteiger partial charge is 0.337 e. The van der Waals surface area contributed by atoms with Crippen molar-refractivity contribution in [3.63, 3.8) is 0 Å². The van der Waals surface area contributed by atoms with Gasteiger partial charge in [0.1, 0.15) is 5.75 Å². The number of benzene rings is 2. The van der Waals surface area contributed by atoms with Crippen LogP contribution in [0.1, 0.15) is 28.8 Å². The summed E-state index contributed by atoms with van der Waals surface area (Å²) in [5.74, 6) is -1.15. The van der Waals surface area contributed by atoms with Gasteiger partial charge in [0.15, 0.2) is 5.69 Å². The van der Waals surface area contributed by atoms with Gasteiger partial charge in [0, 0.05) is 25.1 Å². The zero-order valence-corrected chi connectivity index (χ0v) is 23.4. The monoisotopic (exact) mass is 566 g/mol. The first-order chi connectivity index (χ1) is 19.5. The topological polar surface area (TPSA) is 213 Å². The van der Waals surface area contributed by atoms with Crippen LogP contribution >= 0.6 is 0 Å². The molecule has 1 aliphatic carbocycles. The van der Waals surface area contributed by atoms with Crippen molar-refractivity contribution >= 4 is 17.2 Å². The molecule has 12 nitrogen and oxygen atoms in total. The Labute approximate surface area is 238 Å². The van der Waals surface area contributed by atoms with Crippen LogP contribution in [-0.2, 0) is 4.79 Å². The highest BCUT2D eigenvalue weighted by atomic mass is 16.4. The first-order valence-electron chi connectivity index (χ1n) is 12.9. The number of azo groups is 1. The summed E-state index contributed by atoms with van der Waals surface area (Å²) in [6.07, 6.45) is 4.73. The first-order valence-corrected chi connectivity index (χ1v) is 12.9. The van der Waals surface area contributed by atoms with Crippen LogP contribution in [-0.4, -0.2) is 68.0 Å². The van der Waals surface area contributed by atoms with Gasteiger partial charge in [0.2, 0.25) is 5.54 Å². The lowest BCUT2D eigenvalue weighted by atomic mass is 9.84. The standard InChI is InChI=1S/C25H24N4O4.2C2H7NO/c1-15-10-11-19(13-16(15)2)29-23(31)22(17(3)27-29)26-28-25(24(32)33)12-6-7-18(14-25)20-8-4-5-9-21(20)30;2*3-1-2-4/h4-13,27,30H,14H2,1-3H3,(H,32,33);2*4H,1-3H2. The number of H-pyrrole nitrogens is 1. The molecule has 41 heavy (non-hydrogen) atoms. The molecule has 0 radical (unpaired) electrons. The summed E-state index contributed by atoms with van der Waals surface area (Å²) in [6.45, 7) is 6.58. The third kappa shape index (κ3) is 8.32. The van der Waals surface area contributed by atoms with Crippen LogP contribution in [0.5, 0.6) is 5.75 Å². The van der Waals surface area contributed by atoms with E-state index >= 15 is 0 Å². The number of phenols is 1. The Morgan fingerprint density at radius 2 is 1.68 bits per heavy atom. The molecule has 3 aromatic rings. The van der Waals surface area contributed by atoms with Gasteiger partial charge in [-0.15, -0.1) is 5.11 Å². The number of nitrogens with one attached hydrogen (secondary N) is 1. The van der Waals surface area contributed by atoms with Crippen molar-refractivity contribution in [2.75, 3.05) is 26.3 Å². The van der Waals surface area contributed by atoms with E-state index in [4.69, 9.17) is 21.7 Å². The Bertz CT molecular complexity index is 1460. The number of carboxylic acid groups (broad SMARTS) is 1. The first kappa shape index (κ1) is 32.8. The number of nitrogens with two attached hydrogens (primary N) is 2. The van der Waals surface area contributed by atoms with E-state index in [1.807, 2.05) is 32.0 Å². The van der Waals surface area contributed by atoms with Gasteiger partial charge in [-0.05, 0) is 61.7 Å². The lowest BCUT2D eigenvalue weighted by Gasteiger charge is -2.24. The van der Waals surface area contributed by atoms with E-state index in [0.29, 0.717) is 35.6 Å². The lowest BCUT2D eigenvalue weighted by molar-refractivity contribution is -0.141. The van der Waals surface area contributed by atoms with Gasteiger partial charge in [-0.3, -0.25) is 9.89 Å². The van der Waals surface area contributed by atoms with Gasteiger partial charge in [0.05, 0.1) is 24.6 Å². The van der Waals surface area contributed by atoms with Crippen LogP contribution in [0.25, 0.3) is 11.3 Å². The predicted molar refractivity (Wildman–Crippen MR) is 158 cm³/mol. The molecule has 220 valence electrons. The van der Waals surface area contributed by atoms with Gasteiger partial charge in [-0.2, -0.15) is 5.11 Å². The van der Waals surface area contributed by atoms with Crippen molar-refractivity contribution < 1.29 is 25.2 Å². The van der Waals surface area contributed by atoms with E-state index < -0.39 is 17.1 Å². The molecular weight excluding hydrogens is 528 g/mol. The molecule has 1 aromatic heterocycles. The molecule has 0 saturated heterocycles. The second-order valence-corrected chi connectivity index (χ2v) is 9.19. The zero-order chi connectivity index (χ0) is 30.6. The maximum Gasteiger partial charge on any atom is 0.337 e. The Hall–Kier alpha value is -4.36. The average Bonchev–Trinajstić information content (AvgIpc) is 3.26. The minimum absolute atomic E-state index is 0.0191. The van der Waals surface area contributed by atoms with Crippen LogP contribution in [0.4, 0.5) is 5.69 Å². The maximum absolute atomic E-state index is 13.0. The number of hydrogen-bond donors (Lipinski definition) is 7. The van der Waals surface area contributed by atoms with E-state index in [2.05, 4.69) is 15.3 Å². The SMILES string of the molecule is Cc1ccc(-n2[nH]c(C)c(N=NC3(C(=O)O)C=CC=C(c4ccccc4O)C3)c2=O)cc1C.NCCO.NCCO. The molecule has 1 aliphatic rings. The molecule has 0 fully saturated rings. The highest BCUT2D eigenvalue weighted by Crippen LogP contribution is 2.37. The maximum atomic E-state index is 13.0. The number of phenolic OH excluding ortho intramolecular Hbond substituents is 1. The third-order valence-corrected chi connectivity index (χ3v) is 6.13. The molecule has 4 rings (SSSR count). The minimum atomic E-state index is -1.70. The van der Waals surface area contributed by atoms with Gasteiger partial charge >= 0.3 is 5.97 Å². The number of aliphatic carboxylic acids is 1. The third-order valence-electron chi connectivity index (χ3n) is 6.13. The predicted octanol–water partition coefficient (Wildman–Crippen LogP) is 2.62. The van der Waals surface area contributed by atoms with Crippen molar-refractivity contribution in [2.24, 2.45) is 21.7 Å². The normalized spacial score (nSPS) is 15.9. The number of aromatic nitrogens is 2. The second-order valence-electron chi connectivity index (χ2n) is 9.19. The van der Waals surface area contributed by atoms with E-state index in [-0.39, 0.29) is 31.1 Å². The number of allylic oxidation sites excluding steroid dienone is 2. The van der Waals surface area contributed by atoms with Gasteiger partial charge < -0.3 is 31.9 Å². The number of aromatic amines is 1. The molecule has 0 bridgehead atoms. The Morgan fingerprint density at radius 3 is 2.24 bits per heavy atom. The number of nitrogens with zero attached hydrogens (tertiary/aromatic N) is 3. The highest BCUT2D eigenvalue weighted by Gasteiger charge is 2.39. The molecule has 12 heteroatoms. The molecule has 0 amide bonds. The molecule has 0 aliphatic heterocycles. The number of rotatable bonds is 7. The highest BCUT2D eigenvalue weighted by molar-refractivity contribution is 5.88. The molecular formula is C29H38N6O6. The summed E-state index contributed by atoms with van der Waals surface area (Å²) in [6, 6.07) is 12.3. The summed E-state index contributed by atoms with van der Waals surface area (Å²) in [4.78, 5) is 25.3. The minimum Gasteiger partial charge on any atom is -0.507 e. The van der Waals surface area contributed by atoms with Crippen molar-refractivity contribution in [1.29, 1.82) is 0 Å². The molecule has 9 N–H and O–H groups in total. The van der Waals surface area contributed by atoms with Gasteiger partial charge in [-0.1, -0.05) is 36.4 Å². The number of aliphatic hydroxyl groups is 2. The molecule has 1 atom stereocenters. The van der Waals surface area contributed by atoms with E-state index in [1.165, 1.54) is 16.8 Å². The number of carboxylic acids is 1. The van der Waals surface area contributed by atoms with E-state index in [1.54, 1.807) is 37.3 Å². The lowest BCUT2D eigenvalue weighted by Crippen LogP contribution is -2.35.